The number of carbonyl (C=O) groups excluding carboxylic acids is 1. The zero-order valence-corrected chi connectivity index (χ0v) is 12.0. The van der Waals surface area contributed by atoms with Crippen molar-refractivity contribution in [3.05, 3.63) is 42.2 Å². The van der Waals surface area contributed by atoms with Crippen LogP contribution in [-0.4, -0.2) is 28.9 Å². The van der Waals surface area contributed by atoms with Gasteiger partial charge in [-0.2, -0.15) is 18.3 Å². The highest BCUT2D eigenvalue weighted by molar-refractivity contribution is 5.93. The molecule has 0 saturated carbocycles. The second kappa shape index (κ2) is 6.04. The Morgan fingerprint density at radius 2 is 2.22 bits per heavy atom. The van der Waals surface area contributed by atoms with Gasteiger partial charge < -0.3 is 10.1 Å². The minimum absolute atomic E-state index is 0.156. The Balaban J connectivity index is 1.77. The molecule has 1 saturated heterocycles. The van der Waals surface area contributed by atoms with Crippen LogP contribution in [0.4, 0.5) is 18.9 Å². The van der Waals surface area contributed by atoms with Crippen LogP contribution in [0.2, 0.25) is 0 Å². The molecule has 5 nitrogen and oxygen atoms in total. The number of hydrogen-bond donors (Lipinski definition) is 1. The van der Waals surface area contributed by atoms with Crippen molar-refractivity contribution in [3.8, 4) is 5.69 Å². The van der Waals surface area contributed by atoms with Crippen molar-refractivity contribution in [2.24, 2.45) is 5.92 Å². The fourth-order valence-corrected chi connectivity index (χ4v) is 2.32. The van der Waals surface area contributed by atoms with Crippen LogP contribution in [0.3, 0.4) is 0 Å². The average molecular weight is 325 g/mol. The predicted molar refractivity (Wildman–Crippen MR) is 76.1 cm³/mol. The lowest BCUT2D eigenvalue weighted by Gasteiger charge is -2.10. The number of ether oxygens (including phenoxy) is 1. The molecule has 1 aliphatic rings. The van der Waals surface area contributed by atoms with Crippen molar-refractivity contribution in [2.75, 3.05) is 18.5 Å². The topological polar surface area (TPSA) is 56.2 Å². The van der Waals surface area contributed by atoms with Gasteiger partial charge in [0, 0.05) is 18.5 Å². The molecule has 0 aliphatic carbocycles. The molecular formula is C15H14F3N3O2. The molecule has 1 aliphatic heterocycles. The van der Waals surface area contributed by atoms with Gasteiger partial charge in [0.1, 0.15) is 0 Å². The summed E-state index contributed by atoms with van der Waals surface area (Å²) in [6.45, 7) is 0.950. The van der Waals surface area contributed by atoms with Crippen molar-refractivity contribution >= 4 is 11.6 Å². The van der Waals surface area contributed by atoms with E-state index in [0.717, 1.165) is 17.1 Å². The van der Waals surface area contributed by atoms with Crippen LogP contribution in [0.25, 0.3) is 5.69 Å². The lowest BCUT2D eigenvalue weighted by atomic mass is 10.1. The van der Waals surface area contributed by atoms with Gasteiger partial charge in [0.2, 0.25) is 5.91 Å². The highest BCUT2D eigenvalue weighted by Crippen LogP contribution is 2.29. The van der Waals surface area contributed by atoms with Crippen molar-refractivity contribution in [1.29, 1.82) is 0 Å². The predicted octanol–water partition coefficient (Wildman–Crippen LogP) is 2.87. The molecule has 122 valence electrons. The summed E-state index contributed by atoms with van der Waals surface area (Å²) in [7, 11) is 0. The second-order valence-electron chi connectivity index (χ2n) is 5.27. The summed E-state index contributed by atoms with van der Waals surface area (Å²) in [4.78, 5) is 12.0. The van der Waals surface area contributed by atoms with Gasteiger partial charge in [-0.3, -0.25) is 4.79 Å². The average Bonchev–Trinajstić information content (AvgIpc) is 3.19. The van der Waals surface area contributed by atoms with Crippen molar-refractivity contribution < 1.29 is 22.7 Å². The third kappa shape index (κ3) is 3.53. The fraction of sp³-hybridized carbons (Fsp3) is 0.333. The molecule has 1 aromatic heterocycles. The minimum Gasteiger partial charge on any atom is -0.381 e. The van der Waals surface area contributed by atoms with Crippen molar-refractivity contribution in [1.82, 2.24) is 9.78 Å². The van der Waals surface area contributed by atoms with Crippen LogP contribution in [0, 0.1) is 5.92 Å². The Labute approximate surface area is 130 Å². The molecule has 0 unspecified atom stereocenters. The first-order valence-electron chi connectivity index (χ1n) is 7.04. The Morgan fingerprint density at radius 3 is 2.87 bits per heavy atom. The summed E-state index contributed by atoms with van der Waals surface area (Å²) >= 11 is 0. The van der Waals surface area contributed by atoms with Gasteiger partial charge in [0.15, 0.2) is 0 Å². The molecule has 8 heteroatoms. The fourth-order valence-electron chi connectivity index (χ4n) is 2.32. The quantitative estimate of drug-likeness (QED) is 0.944. The van der Waals surface area contributed by atoms with Gasteiger partial charge in [-0.25, -0.2) is 4.68 Å². The molecule has 23 heavy (non-hydrogen) atoms. The smallest absolute Gasteiger partial charge is 0.381 e. The molecule has 2 aromatic rings. The second-order valence-corrected chi connectivity index (χ2v) is 5.27. The number of nitrogens with zero attached hydrogens (tertiary/aromatic N) is 2. The zero-order chi connectivity index (χ0) is 16.4. The van der Waals surface area contributed by atoms with Gasteiger partial charge in [0.05, 0.1) is 30.0 Å². The van der Waals surface area contributed by atoms with E-state index in [9.17, 15) is 18.0 Å². The number of carbonyl (C=O) groups is 1. The van der Waals surface area contributed by atoms with E-state index in [-0.39, 0.29) is 11.8 Å². The molecule has 1 N–H and O–H groups in total. The Morgan fingerprint density at radius 1 is 1.39 bits per heavy atom. The van der Waals surface area contributed by atoms with E-state index in [2.05, 4.69) is 10.4 Å². The number of halogens is 3. The lowest BCUT2D eigenvalue weighted by Crippen LogP contribution is -2.22. The number of alkyl halides is 3. The molecule has 1 aromatic carbocycles. The number of anilines is 1. The maximum atomic E-state index is 12.6. The molecule has 0 spiro atoms. The summed E-state index contributed by atoms with van der Waals surface area (Å²) in [5.41, 5.74) is 0.111. The maximum absolute atomic E-state index is 12.6. The van der Waals surface area contributed by atoms with Crippen LogP contribution >= 0.6 is 0 Å². The molecule has 0 bridgehead atoms. The van der Waals surface area contributed by atoms with E-state index in [1.54, 1.807) is 24.3 Å². The van der Waals surface area contributed by atoms with Gasteiger partial charge in [-0.1, -0.05) is 6.07 Å². The van der Waals surface area contributed by atoms with Crippen LogP contribution in [-0.2, 0) is 15.7 Å². The van der Waals surface area contributed by atoms with E-state index < -0.39 is 11.7 Å². The standard InChI is InChI=1S/C15H14F3N3O2/c16-15(17,18)11-7-19-21(8-11)13-3-1-2-12(6-13)20-14(22)10-4-5-23-9-10/h1-3,6-8,10H,4-5,9H2,(H,20,22)/t10-/m0/s1. The Hall–Kier alpha value is -2.35. The minimum atomic E-state index is -4.44. The third-order valence-electron chi connectivity index (χ3n) is 3.59. The molecule has 1 atom stereocenters. The monoisotopic (exact) mass is 325 g/mol. The van der Waals surface area contributed by atoms with E-state index in [1.165, 1.54) is 0 Å². The van der Waals surface area contributed by atoms with E-state index in [4.69, 9.17) is 4.74 Å². The van der Waals surface area contributed by atoms with Crippen molar-refractivity contribution in [3.63, 3.8) is 0 Å². The summed E-state index contributed by atoms with van der Waals surface area (Å²) in [5.74, 6) is -0.351. The first kappa shape index (κ1) is 15.5. The molecular weight excluding hydrogens is 311 g/mol. The van der Waals surface area contributed by atoms with E-state index in [1.807, 2.05) is 0 Å². The molecule has 1 fully saturated rings. The zero-order valence-electron chi connectivity index (χ0n) is 12.0. The SMILES string of the molecule is O=C(Nc1cccc(-n2cc(C(F)(F)F)cn2)c1)[C@H]1CCOC1. The van der Waals surface area contributed by atoms with E-state index >= 15 is 0 Å². The summed E-state index contributed by atoms with van der Waals surface area (Å²) in [5, 5.41) is 6.46. The summed E-state index contributed by atoms with van der Waals surface area (Å²) in [6, 6.07) is 6.50. The van der Waals surface area contributed by atoms with Crippen LogP contribution in [0.15, 0.2) is 36.7 Å². The molecule has 0 radical (unpaired) electrons. The lowest BCUT2D eigenvalue weighted by molar-refractivity contribution is -0.137. The number of benzene rings is 1. The third-order valence-corrected chi connectivity index (χ3v) is 3.59. The van der Waals surface area contributed by atoms with Crippen LogP contribution < -0.4 is 5.32 Å². The van der Waals surface area contributed by atoms with Gasteiger partial charge in [-0.15, -0.1) is 0 Å². The summed E-state index contributed by atoms with van der Waals surface area (Å²) < 4.78 is 44.1. The molecule has 3 rings (SSSR count). The first-order valence-corrected chi connectivity index (χ1v) is 7.04. The van der Waals surface area contributed by atoms with Crippen LogP contribution in [0.1, 0.15) is 12.0 Å². The first-order chi connectivity index (χ1) is 10.9. The maximum Gasteiger partial charge on any atom is 0.419 e. The number of hydrogen-bond acceptors (Lipinski definition) is 3. The van der Waals surface area contributed by atoms with Gasteiger partial charge in [0.25, 0.3) is 0 Å². The molecule has 2 heterocycles. The highest BCUT2D eigenvalue weighted by Gasteiger charge is 2.32. The largest absolute Gasteiger partial charge is 0.419 e. The highest BCUT2D eigenvalue weighted by atomic mass is 19.4. The van der Waals surface area contributed by atoms with E-state index in [0.29, 0.717) is 31.0 Å². The summed E-state index contributed by atoms with van der Waals surface area (Å²) in [6.07, 6.45) is -2.10. The van der Waals surface area contributed by atoms with Gasteiger partial charge >= 0.3 is 6.18 Å². The van der Waals surface area contributed by atoms with Crippen molar-refractivity contribution in [2.45, 2.75) is 12.6 Å². The Kier molecular flexibility index (Phi) is 4.08. The Bertz CT molecular complexity index is 706. The number of aromatic nitrogens is 2. The number of amides is 1. The number of nitrogens with one attached hydrogen (secondary N) is 1. The normalized spacial score (nSPS) is 18.1. The van der Waals surface area contributed by atoms with Gasteiger partial charge in [-0.05, 0) is 24.6 Å². The number of rotatable bonds is 3. The van der Waals surface area contributed by atoms with Crippen LogP contribution in [0.5, 0.6) is 0 Å². The molecule has 1 amide bonds.